The summed E-state index contributed by atoms with van der Waals surface area (Å²) in [6, 6.07) is 15.8. The Labute approximate surface area is 128 Å². The third kappa shape index (κ3) is 3.14. The van der Waals surface area contributed by atoms with Gasteiger partial charge in [0, 0.05) is 16.5 Å². The van der Waals surface area contributed by atoms with Crippen molar-refractivity contribution >= 4 is 11.3 Å². The molecule has 106 valence electrons. The lowest BCUT2D eigenvalue weighted by atomic mass is 10.1. The predicted molar refractivity (Wildman–Crippen MR) is 88.6 cm³/mol. The molecule has 0 fully saturated rings. The molecule has 0 radical (unpaired) electrons. The van der Waals surface area contributed by atoms with E-state index in [1.165, 1.54) is 12.0 Å². The van der Waals surface area contributed by atoms with Gasteiger partial charge in [-0.25, -0.2) is 4.98 Å². The molecule has 3 aromatic rings. The molecule has 2 aromatic carbocycles. The van der Waals surface area contributed by atoms with Crippen LogP contribution in [0.15, 0.2) is 53.9 Å². The summed E-state index contributed by atoms with van der Waals surface area (Å²) in [5.41, 5.74) is 4.56. The third-order valence-electron chi connectivity index (χ3n) is 3.41. The molecule has 2 nitrogen and oxygen atoms in total. The summed E-state index contributed by atoms with van der Waals surface area (Å²) in [6.45, 7) is 2.19. The fourth-order valence-corrected chi connectivity index (χ4v) is 3.11. The largest absolute Gasteiger partial charge is 0.508 e. The number of hydrogen-bond acceptors (Lipinski definition) is 3. The van der Waals surface area contributed by atoms with Gasteiger partial charge >= 0.3 is 0 Å². The average molecular weight is 295 g/mol. The number of aromatic hydroxyl groups is 1. The van der Waals surface area contributed by atoms with Crippen molar-refractivity contribution < 1.29 is 5.11 Å². The molecule has 0 aliphatic heterocycles. The number of benzene rings is 2. The molecule has 1 aromatic heterocycles. The second-order valence-electron chi connectivity index (χ2n) is 5.03. The molecule has 0 aliphatic rings. The van der Waals surface area contributed by atoms with Gasteiger partial charge in [-0.3, -0.25) is 0 Å². The van der Waals surface area contributed by atoms with Crippen molar-refractivity contribution in [1.82, 2.24) is 4.98 Å². The van der Waals surface area contributed by atoms with E-state index < -0.39 is 0 Å². The molecule has 0 spiro atoms. The second-order valence-corrected chi connectivity index (χ2v) is 5.89. The van der Waals surface area contributed by atoms with Crippen LogP contribution in [0.1, 0.15) is 18.9 Å². The number of aryl methyl sites for hydroxylation is 1. The van der Waals surface area contributed by atoms with Gasteiger partial charge in [-0.05, 0) is 36.2 Å². The van der Waals surface area contributed by atoms with E-state index in [4.69, 9.17) is 4.98 Å². The monoisotopic (exact) mass is 295 g/mol. The summed E-state index contributed by atoms with van der Waals surface area (Å²) in [7, 11) is 0. The molecule has 0 amide bonds. The standard InChI is InChI=1S/C18H17NOS/c1-2-3-13-4-6-14(7-5-13)17-12-21-18(19-17)15-8-10-16(20)11-9-15/h4-12,20H,2-3H2,1H3. The summed E-state index contributed by atoms with van der Waals surface area (Å²) in [6.07, 6.45) is 2.29. The summed E-state index contributed by atoms with van der Waals surface area (Å²) < 4.78 is 0. The first-order valence-electron chi connectivity index (χ1n) is 7.10. The Morgan fingerprint density at radius 1 is 0.952 bits per heavy atom. The van der Waals surface area contributed by atoms with Gasteiger partial charge in [-0.1, -0.05) is 37.6 Å². The predicted octanol–water partition coefficient (Wildman–Crippen LogP) is 5.14. The van der Waals surface area contributed by atoms with Crippen molar-refractivity contribution in [1.29, 1.82) is 0 Å². The molecule has 0 aliphatic carbocycles. The molecule has 1 N–H and O–H groups in total. The van der Waals surface area contributed by atoms with Gasteiger partial charge in [-0.15, -0.1) is 11.3 Å². The van der Waals surface area contributed by atoms with E-state index in [1.807, 2.05) is 12.1 Å². The van der Waals surface area contributed by atoms with Gasteiger partial charge in [0.2, 0.25) is 0 Å². The van der Waals surface area contributed by atoms with Crippen LogP contribution in [0, 0.1) is 0 Å². The van der Waals surface area contributed by atoms with Gasteiger partial charge in [-0.2, -0.15) is 0 Å². The number of hydrogen-bond donors (Lipinski definition) is 1. The second kappa shape index (κ2) is 6.10. The van der Waals surface area contributed by atoms with Crippen molar-refractivity contribution in [2.45, 2.75) is 19.8 Å². The van der Waals surface area contributed by atoms with E-state index in [0.717, 1.165) is 28.2 Å². The zero-order chi connectivity index (χ0) is 14.7. The Bertz CT molecular complexity index is 714. The van der Waals surface area contributed by atoms with Gasteiger partial charge in [0.1, 0.15) is 10.8 Å². The van der Waals surface area contributed by atoms with Crippen molar-refractivity contribution in [3.63, 3.8) is 0 Å². The van der Waals surface area contributed by atoms with E-state index in [-0.39, 0.29) is 5.75 Å². The smallest absolute Gasteiger partial charge is 0.124 e. The molecule has 3 rings (SSSR count). The molecule has 0 unspecified atom stereocenters. The molecule has 21 heavy (non-hydrogen) atoms. The Hall–Kier alpha value is -2.13. The topological polar surface area (TPSA) is 33.1 Å². The van der Waals surface area contributed by atoms with Crippen LogP contribution in [0.2, 0.25) is 0 Å². The average Bonchev–Trinajstić information content (AvgIpc) is 2.99. The maximum absolute atomic E-state index is 9.34. The first kappa shape index (κ1) is 13.8. The normalized spacial score (nSPS) is 10.7. The summed E-state index contributed by atoms with van der Waals surface area (Å²) in [5.74, 6) is 0.280. The number of rotatable bonds is 4. The lowest BCUT2D eigenvalue weighted by molar-refractivity contribution is 0.475. The molecule has 0 saturated heterocycles. The molecule has 1 heterocycles. The minimum Gasteiger partial charge on any atom is -0.508 e. The Morgan fingerprint density at radius 2 is 1.62 bits per heavy atom. The maximum Gasteiger partial charge on any atom is 0.124 e. The highest BCUT2D eigenvalue weighted by Crippen LogP contribution is 2.29. The van der Waals surface area contributed by atoms with Crippen LogP contribution >= 0.6 is 11.3 Å². The van der Waals surface area contributed by atoms with Gasteiger partial charge in [0.05, 0.1) is 5.69 Å². The molecular weight excluding hydrogens is 278 g/mol. The Balaban J connectivity index is 1.85. The van der Waals surface area contributed by atoms with E-state index in [2.05, 4.69) is 36.6 Å². The van der Waals surface area contributed by atoms with E-state index in [9.17, 15) is 5.11 Å². The van der Waals surface area contributed by atoms with E-state index in [1.54, 1.807) is 23.5 Å². The van der Waals surface area contributed by atoms with Crippen molar-refractivity contribution in [2.24, 2.45) is 0 Å². The summed E-state index contributed by atoms with van der Waals surface area (Å²) in [4.78, 5) is 4.69. The zero-order valence-corrected chi connectivity index (χ0v) is 12.7. The van der Waals surface area contributed by atoms with Gasteiger partial charge in [0.25, 0.3) is 0 Å². The number of thiazole rings is 1. The number of phenolic OH excluding ortho intramolecular Hbond substituents is 1. The van der Waals surface area contributed by atoms with Crippen LogP contribution in [-0.2, 0) is 6.42 Å². The maximum atomic E-state index is 9.34. The molecule has 3 heteroatoms. The van der Waals surface area contributed by atoms with Crippen LogP contribution in [0.5, 0.6) is 5.75 Å². The fourth-order valence-electron chi connectivity index (χ4n) is 2.27. The lowest BCUT2D eigenvalue weighted by Crippen LogP contribution is -1.84. The summed E-state index contributed by atoms with van der Waals surface area (Å²) in [5, 5.41) is 12.4. The van der Waals surface area contributed by atoms with Crippen LogP contribution in [0.3, 0.4) is 0 Å². The van der Waals surface area contributed by atoms with Crippen molar-refractivity contribution in [3.05, 3.63) is 59.5 Å². The van der Waals surface area contributed by atoms with Gasteiger partial charge in [0.15, 0.2) is 0 Å². The molecule has 0 atom stereocenters. The van der Waals surface area contributed by atoms with Crippen molar-refractivity contribution in [3.8, 4) is 27.6 Å². The fraction of sp³-hybridized carbons (Fsp3) is 0.167. The van der Waals surface area contributed by atoms with Gasteiger partial charge < -0.3 is 5.11 Å². The molecule has 0 bridgehead atoms. The SMILES string of the molecule is CCCc1ccc(-c2csc(-c3ccc(O)cc3)n2)cc1. The quantitative estimate of drug-likeness (QED) is 0.723. The highest BCUT2D eigenvalue weighted by molar-refractivity contribution is 7.13. The van der Waals surface area contributed by atoms with Crippen molar-refractivity contribution in [2.75, 3.05) is 0 Å². The highest BCUT2D eigenvalue weighted by Gasteiger charge is 2.06. The number of phenols is 1. The Morgan fingerprint density at radius 3 is 2.29 bits per heavy atom. The Kier molecular flexibility index (Phi) is 4.02. The van der Waals surface area contributed by atoms with E-state index >= 15 is 0 Å². The van der Waals surface area contributed by atoms with Crippen LogP contribution in [0.4, 0.5) is 0 Å². The number of aromatic nitrogens is 1. The molecule has 0 saturated carbocycles. The minimum absolute atomic E-state index is 0.280. The third-order valence-corrected chi connectivity index (χ3v) is 4.30. The summed E-state index contributed by atoms with van der Waals surface area (Å²) >= 11 is 1.63. The first-order valence-corrected chi connectivity index (χ1v) is 7.98. The zero-order valence-electron chi connectivity index (χ0n) is 11.9. The number of nitrogens with zero attached hydrogens (tertiary/aromatic N) is 1. The van der Waals surface area contributed by atoms with Crippen LogP contribution < -0.4 is 0 Å². The highest BCUT2D eigenvalue weighted by atomic mass is 32.1. The van der Waals surface area contributed by atoms with Crippen LogP contribution in [-0.4, -0.2) is 10.1 Å². The van der Waals surface area contributed by atoms with E-state index in [0.29, 0.717) is 0 Å². The molecular formula is C18H17NOS. The first-order chi connectivity index (χ1) is 10.3. The minimum atomic E-state index is 0.280. The van der Waals surface area contributed by atoms with Crippen LogP contribution in [0.25, 0.3) is 21.8 Å². The lowest BCUT2D eigenvalue weighted by Gasteiger charge is -2.01.